The second-order valence-corrected chi connectivity index (χ2v) is 7.17. The molecule has 0 saturated carbocycles. The predicted octanol–water partition coefficient (Wildman–Crippen LogP) is 6.40. The lowest BCUT2D eigenvalue weighted by Crippen LogP contribution is -1.98. The monoisotopic (exact) mass is 460 g/mol. The topological polar surface area (TPSA) is 9.23 Å². The van der Waals surface area contributed by atoms with Gasteiger partial charge in [-0.3, -0.25) is 0 Å². The minimum absolute atomic E-state index is 0.144. The fraction of sp³-hybridized carbons (Fsp3) is 0.250. The van der Waals surface area contributed by atoms with Gasteiger partial charge in [-0.05, 0) is 54.8 Å². The first kappa shape index (κ1) is 16.1. The van der Waals surface area contributed by atoms with Gasteiger partial charge < -0.3 is 4.74 Å². The molecule has 2 aromatic carbocycles. The molecule has 1 atom stereocenters. The molecule has 0 N–H and O–H groups in total. The van der Waals surface area contributed by atoms with Crippen LogP contribution in [0.3, 0.4) is 0 Å². The van der Waals surface area contributed by atoms with Gasteiger partial charge in [0.1, 0.15) is 5.75 Å². The lowest BCUT2D eigenvalue weighted by molar-refractivity contribution is 0.340. The fourth-order valence-corrected chi connectivity index (χ4v) is 4.19. The van der Waals surface area contributed by atoms with Gasteiger partial charge in [-0.1, -0.05) is 59.9 Å². The maximum atomic E-state index is 5.52. The summed E-state index contributed by atoms with van der Waals surface area (Å²) in [7, 11) is 0. The van der Waals surface area contributed by atoms with E-state index in [1.54, 1.807) is 0 Å². The van der Waals surface area contributed by atoms with Crippen LogP contribution >= 0.6 is 47.8 Å². The van der Waals surface area contributed by atoms with E-state index < -0.39 is 0 Å². The van der Waals surface area contributed by atoms with Gasteiger partial charge >= 0.3 is 0 Å². The summed E-state index contributed by atoms with van der Waals surface area (Å²) in [6, 6.07) is 12.4. The molecule has 0 radical (unpaired) electrons. The summed E-state index contributed by atoms with van der Waals surface area (Å²) in [6.07, 6.45) is 0. The molecule has 0 aromatic heterocycles. The highest BCUT2D eigenvalue weighted by Gasteiger charge is 2.16. The maximum absolute atomic E-state index is 5.52. The van der Waals surface area contributed by atoms with E-state index in [1.165, 1.54) is 16.7 Å². The van der Waals surface area contributed by atoms with E-state index in [4.69, 9.17) is 4.74 Å². The van der Waals surface area contributed by atoms with Gasteiger partial charge in [0.2, 0.25) is 0 Å². The van der Waals surface area contributed by atoms with Crippen LogP contribution in [0.25, 0.3) is 0 Å². The minimum atomic E-state index is 0.144. The Kier molecular flexibility index (Phi) is 5.70. The highest BCUT2D eigenvalue weighted by Crippen LogP contribution is 2.39. The van der Waals surface area contributed by atoms with Crippen LogP contribution in [0.4, 0.5) is 0 Å². The zero-order chi connectivity index (χ0) is 14.7. The summed E-state index contributed by atoms with van der Waals surface area (Å²) in [5.74, 6) is 0.883. The van der Waals surface area contributed by atoms with E-state index in [0.717, 1.165) is 14.7 Å². The van der Waals surface area contributed by atoms with Crippen molar-refractivity contribution in [3.8, 4) is 5.75 Å². The van der Waals surface area contributed by atoms with Crippen molar-refractivity contribution in [3.05, 3.63) is 62.0 Å². The maximum Gasteiger partial charge on any atom is 0.120 e. The molecule has 106 valence electrons. The number of rotatable bonds is 4. The van der Waals surface area contributed by atoms with Crippen LogP contribution in [0.1, 0.15) is 28.4 Å². The zero-order valence-corrected chi connectivity index (χ0v) is 16.0. The number of alkyl halides is 1. The van der Waals surface area contributed by atoms with E-state index in [-0.39, 0.29) is 4.83 Å². The highest BCUT2D eigenvalue weighted by atomic mass is 79.9. The smallest absolute Gasteiger partial charge is 0.120 e. The van der Waals surface area contributed by atoms with Crippen molar-refractivity contribution >= 4 is 47.8 Å². The van der Waals surface area contributed by atoms with Crippen molar-refractivity contribution in [2.75, 3.05) is 6.61 Å². The molecule has 2 rings (SSSR count). The molecule has 0 fully saturated rings. The second-order valence-electron chi connectivity index (χ2n) is 4.48. The Morgan fingerprint density at radius 1 is 1.05 bits per heavy atom. The van der Waals surface area contributed by atoms with E-state index in [1.807, 2.05) is 19.1 Å². The van der Waals surface area contributed by atoms with Gasteiger partial charge in [0.05, 0.1) is 11.4 Å². The van der Waals surface area contributed by atoms with Gasteiger partial charge in [0.15, 0.2) is 0 Å². The number of halogens is 3. The Morgan fingerprint density at radius 2 is 1.80 bits per heavy atom. The SMILES string of the molecule is CCOc1ccc(C(Br)c2cc(Br)ccc2C)c(Br)c1. The molecule has 0 spiro atoms. The minimum Gasteiger partial charge on any atom is -0.494 e. The van der Waals surface area contributed by atoms with Crippen LogP contribution in [0.2, 0.25) is 0 Å². The predicted molar refractivity (Wildman–Crippen MR) is 95.0 cm³/mol. The standard InChI is InChI=1S/C16H15Br3O/c1-3-20-12-6-7-13(15(18)9-12)16(19)14-8-11(17)5-4-10(14)2/h4-9,16H,3H2,1-2H3. The molecule has 0 bridgehead atoms. The van der Waals surface area contributed by atoms with Crippen molar-refractivity contribution < 1.29 is 4.74 Å². The van der Waals surface area contributed by atoms with Crippen LogP contribution in [0.15, 0.2) is 45.3 Å². The third kappa shape index (κ3) is 3.66. The van der Waals surface area contributed by atoms with Gasteiger partial charge in [-0.15, -0.1) is 0 Å². The van der Waals surface area contributed by atoms with Crippen LogP contribution in [-0.2, 0) is 0 Å². The molecule has 0 saturated heterocycles. The molecule has 4 heteroatoms. The Morgan fingerprint density at radius 3 is 2.45 bits per heavy atom. The van der Waals surface area contributed by atoms with Crippen LogP contribution in [-0.4, -0.2) is 6.61 Å². The van der Waals surface area contributed by atoms with E-state index in [0.29, 0.717) is 6.61 Å². The summed E-state index contributed by atoms with van der Waals surface area (Å²) in [4.78, 5) is 0.144. The second kappa shape index (κ2) is 7.10. The van der Waals surface area contributed by atoms with Gasteiger partial charge in [-0.25, -0.2) is 0 Å². The molecular formula is C16H15Br3O. The number of hydrogen-bond acceptors (Lipinski definition) is 1. The van der Waals surface area contributed by atoms with Crippen molar-refractivity contribution in [2.45, 2.75) is 18.7 Å². The van der Waals surface area contributed by atoms with Crippen molar-refractivity contribution in [1.29, 1.82) is 0 Å². The van der Waals surface area contributed by atoms with Crippen molar-refractivity contribution in [1.82, 2.24) is 0 Å². The highest BCUT2D eigenvalue weighted by molar-refractivity contribution is 9.11. The average molecular weight is 463 g/mol. The van der Waals surface area contributed by atoms with Gasteiger partial charge in [0.25, 0.3) is 0 Å². The first-order valence-electron chi connectivity index (χ1n) is 6.35. The lowest BCUT2D eigenvalue weighted by atomic mass is 10.0. The third-order valence-electron chi connectivity index (χ3n) is 3.07. The largest absolute Gasteiger partial charge is 0.494 e. The Balaban J connectivity index is 2.38. The molecule has 0 amide bonds. The molecule has 0 aliphatic rings. The zero-order valence-electron chi connectivity index (χ0n) is 11.3. The molecule has 1 nitrogen and oxygen atoms in total. The van der Waals surface area contributed by atoms with E-state index in [2.05, 4.69) is 79.0 Å². The van der Waals surface area contributed by atoms with Gasteiger partial charge in [0, 0.05) is 8.95 Å². The van der Waals surface area contributed by atoms with Gasteiger partial charge in [-0.2, -0.15) is 0 Å². The number of ether oxygens (including phenoxy) is 1. The Labute approximate surface area is 145 Å². The molecule has 0 aliphatic carbocycles. The van der Waals surface area contributed by atoms with Crippen molar-refractivity contribution in [3.63, 3.8) is 0 Å². The van der Waals surface area contributed by atoms with Crippen LogP contribution in [0, 0.1) is 6.92 Å². The molecular weight excluding hydrogens is 448 g/mol. The summed E-state index contributed by atoms with van der Waals surface area (Å²) < 4.78 is 7.65. The Hall–Kier alpha value is -0.320. The summed E-state index contributed by atoms with van der Waals surface area (Å²) in [6.45, 7) is 4.78. The summed E-state index contributed by atoms with van der Waals surface area (Å²) in [5.41, 5.74) is 3.70. The molecule has 0 aliphatic heterocycles. The molecule has 1 unspecified atom stereocenters. The number of hydrogen-bond donors (Lipinski definition) is 0. The van der Waals surface area contributed by atoms with E-state index in [9.17, 15) is 0 Å². The summed E-state index contributed by atoms with van der Waals surface area (Å²) in [5, 5.41) is 0. The quantitative estimate of drug-likeness (QED) is 0.477. The molecule has 2 aromatic rings. The fourth-order valence-electron chi connectivity index (χ4n) is 2.02. The van der Waals surface area contributed by atoms with E-state index >= 15 is 0 Å². The first-order valence-corrected chi connectivity index (χ1v) is 8.85. The molecule has 0 heterocycles. The third-order valence-corrected chi connectivity index (χ3v) is 5.24. The average Bonchev–Trinajstić information content (AvgIpc) is 2.41. The lowest BCUT2D eigenvalue weighted by Gasteiger charge is -2.16. The van der Waals surface area contributed by atoms with Crippen LogP contribution < -0.4 is 4.74 Å². The number of aryl methyl sites for hydroxylation is 1. The van der Waals surface area contributed by atoms with Crippen LogP contribution in [0.5, 0.6) is 5.75 Å². The normalized spacial score (nSPS) is 12.2. The molecule has 20 heavy (non-hydrogen) atoms. The van der Waals surface area contributed by atoms with Crippen molar-refractivity contribution in [2.24, 2.45) is 0 Å². The summed E-state index contributed by atoms with van der Waals surface area (Å²) >= 11 is 11.0. The first-order chi connectivity index (χ1) is 9.52. The number of benzene rings is 2. The Bertz CT molecular complexity index is 611.